The van der Waals surface area contributed by atoms with Crippen molar-refractivity contribution >= 4 is 0 Å². The van der Waals surface area contributed by atoms with E-state index in [0.717, 1.165) is 6.42 Å². The lowest BCUT2D eigenvalue weighted by Crippen LogP contribution is -1.83. The lowest BCUT2D eigenvalue weighted by atomic mass is 10.0. The standard InChI is InChI=1S/C15H15/c1-2-6-13-9-11-15(12-10-13)14-7-4-3-5-8-14/h3-5,7-11H,2,6H2,1H3. The van der Waals surface area contributed by atoms with Crippen LogP contribution in [0.2, 0.25) is 0 Å². The fourth-order valence-corrected chi connectivity index (χ4v) is 1.70. The van der Waals surface area contributed by atoms with Crippen molar-refractivity contribution in [2.24, 2.45) is 0 Å². The molecule has 0 unspecified atom stereocenters. The summed E-state index contributed by atoms with van der Waals surface area (Å²) >= 11 is 0. The van der Waals surface area contributed by atoms with Gasteiger partial charge in [0.25, 0.3) is 0 Å². The van der Waals surface area contributed by atoms with Gasteiger partial charge in [-0.25, -0.2) is 0 Å². The Bertz CT molecular complexity index is 398. The van der Waals surface area contributed by atoms with Gasteiger partial charge >= 0.3 is 0 Å². The Kier molecular flexibility index (Phi) is 3.18. The lowest BCUT2D eigenvalue weighted by molar-refractivity contribution is 0.922. The normalized spacial score (nSPS) is 10.2. The summed E-state index contributed by atoms with van der Waals surface area (Å²) in [6.45, 7) is 2.20. The quantitative estimate of drug-likeness (QED) is 0.691. The fourth-order valence-electron chi connectivity index (χ4n) is 1.70. The maximum atomic E-state index is 3.34. The van der Waals surface area contributed by atoms with Crippen molar-refractivity contribution in [3.63, 3.8) is 0 Å². The van der Waals surface area contributed by atoms with Crippen LogP contribution in [0.25, 0.3) is 11.1 Å². The highest BCUT2D eigenvalue weighted by Gasteiger charge is 1.96. The third kappa shape index (κ3) is 2.47. The molecule has 0 nitrogen and oxygen atoms in total. The number of rotatable bonds is 3. The van der Waals surface area contributed by atoms with Crippen molar-refractivity contribution in [1.29, 1.82) is 0 Å². The molecule has 2 aromatic carbocycles. The maximum absolute atomic E-state index is 3.34. The molecule has 0 heterocycles. The summed E-state index contributed by atoms with van der Waals surface area (Å²) < 4.78 is 0. The van der Waals surface area contributed by atoms with Crippen LogP contribution in [0.3, 0.4) is 0 Å². The molecule has 15 heavy (non-hydrogen) atoms. The van der Waals surface area contributed by atoms with E-state index >= 15 is 0 Å². The number of aryl methyl sites for hydroxylation is 1. The van der Waals surface area contributed by atoms with E-state index in [-0.39, 0.29) is 0 Å². The van der Waals surface area contributed by atoms with Crippen molar-refractivity contribution in [1.82, 2.24) is 0 Å². The molecular weight excluding hydrogens is 180 g/mol. The highest BCUT2D eigenvalue weighted by Crippen LogP contribution is 2.18. The first-order valence-corrected chi connectivity index (χ1v) is 5.46. The first-order chi connectivity index (χ1) is 7.40. The zero-order valence-corrected chi connectivity index (χ0v) is 9.03. The van der Waals surface area contributed by atoms with Gasteiger partial charge in [-0.3, -0.25) is 0 Å². The molecule has 0 aliphatic carbocycles. The summed E-state index contributed by atoms with van der Waals surface area (Å²) in [6, 6.07) is 20.2. The van der Waals surface area contributed by atoms with Crippen LogP contribution in [0.5, 0.6) is 0 Å². The topological polar surface area (TPSA) is 0 Å². The zero-order valence-electron chi connectivity index (χ0n) is 9.03. The van der Waals surface area contributed by atoms with E-state index in [4.69, 9.17) is 0 Å². The van der Waals surface area contributed by atoms with E-state index in [9.17, 15) is 0 Å². The van der Waals surface area contributed by atoms with Crippen molar-refractivity contribution < 1.29 is 0 Å². The van der Waals surface area contributed by atoms with Gasteiger partial charge in [-0.2, -0.15) is 0 Å². The zero-order chi connectivity index (χ0) is 10.5. The van der Waals surface area contributed by atoms with Gasteiger partial charge in [0.15, 0.2) is 0 Å². The van der Waals surface area contributed by atoms with Gasteiger partial charge in [0.1, 0.15) is 0 Å². The van der Waals surface area contributed by atoms with Crippen LogP contribution >= 0.6 is 0 Å². The number of hydrogen-bond donors (Lipinski definition) is 0. The first-order valence-electron chi connectivity index (χ1n) is 5.46. The van der Waals surface area contributed by atoms with E-state index in [1.807, 2.05) is 6.07 Å². The second-order valence-corrected chi connectivity index (χ2v) is 3.73. The second kappa shape index (κ2) is 4.79. The van der Waals surface area contributed by atoms with Gasteiger partial charge in [0.05, 0.1) is 0 Å². The van der Waals surface area contributed by atoms with Crippen molar-refractivity contribution in [2.45, 2.75) is 19.8 Å². The van der Waals surface area contributed by atoms with Crippen molar-refractivity contribution in [3.8, 4) is 11.1 Å². The summed E-state index contributed by atoms with van der Waals surface area (Å²) in [6.07, 6.45) is 2.34. The number of hydrogen-bond acceptors (Lipinski definition) is 0. The summed E-state index contributed by atoms with van der Waals surface area (Å²) in [5.41, 5.74) is 3.79. The third-order valence-corrected chi connectivity index (χ3v) is 2.50. The molecule has 0 amide bonds. The van der Waals surface area contributed by atoms with Crippen LogP contribution in [0.15, 0.2) is 48.5 Å². The van der Waals surface area contributed by atoms with E-state index in [0.29, 0.717) is 0 Å². The van der Waals surface area contributed by atoms with Crippen LogP contribution in [-0.4, -0.2) is 0 Å². The minimum absolute atomic E-state index is 1.14. The van der Waals surface area contributed by atoms with E-state index in [1.54, 1.807) is 0 Å². The molecule has 2 aromatic rings. The van der Waals surface area contributed by atoms with Gasteiger partial charge in [-0.05, 0) is 29.2 Å². The molecular formula is C15H15. The Hall–Kier alpha value is -1.56. The molecule has 0 bridgehead atoms. The van der Waals surface area contributed by atoms with Gasteiger partial charge in [0.2, 0.25) is 0 Å². The predicted molar refractivity (Wildman–Crippen MR) is 64.7 cm³/mol. The maximum Gasteiger partial charge on any atom is -0.00963 e. The fraction of sp³-hybridized carbons (Fsp3) is 0.200. The van der Waals surface area contributed by atoms with Gasteiger partial charge < -0.3 is 0 Å². The average Bonchev–Trinajstić information content (AvgIpc) is 2.32. The van der Waals surface area contributed by atoms with Gasteiger partial charge in [0, 0.05) is 0 Å². The van der Waals surface area contributed by atoms with E-state index in [2.05, 4.69) is 55.5 Å². The van der Waals surface area contributed by atoms with Crippen LogP contribution in [0.4, 0.5) is 0 Å². The molecule has 0 spiro atoms. The summed E-state index contributed by atoms with van der Waals surface area (Å²) in [4.78, 5) is 0. The average molecular weight is 195 g/mol. The molecule has 2 rings (SSSR count). The molecule has 75 valence electrons. The molecule has 0 saturated carbocycles. The Balaban J connectivity index is 2.24. The Morgan fingerprint density at radius 1 is 1.00 bits per heavy atom. The molecule has 0 N–H and O–H groups in total. The van der Waals surface area contributed by atoms with Crippen LogP contribution < -0.4 is 0 Å². The van der Waals surface area contributed by atoms with E-state index < -0.39 is 0 Å². The summed E-state index contributed by atoms with van der Waals surface area (Å²) in [5.74, 6) is 0. The predicted octanol–water partition coefficient (Wildman–Crippen LogP) is 4.11. The molecule has 0 heteroatoms. The largest absolute Gasteiger partial charge is 0.0651 e. The van der Waals surface area contributed by atoms with Crippen LogP contribution in [0, 0.1) is 6.07 Å². The molecule has 0 atom stereocenters. The summed E-state index contributed by atoms with van der Waals surface area (Å²) in [7, 11) is 0. The van der Waals surface area contributed by atoms with Crippen LogP contribution in [-0.2, 0) is 6.42 Å². The SMILES string of the molecule is CCCc1c[c]c(-c2ccccc2)cc1. The molecule has 0 aromatic heterocycles. The van der Waals surface area contributed by atoms with Gasteiger partial charge in [-0.15, -0.1) is 0 Å². The minimum atomic E-state index is 1.14. The minimum Gasteiger partial charge on any atom is -0.0651 e. The second-order valence-electron chi connectivity index (χ2n) is 3.73. The van der Waals surface area contributed by atoms with E-state index in [1.165, 1.54) is 23.1 Å². The van der Waals surface area contributed by atoms with Crippen molar-refractivity contribution in [3.05, 3.63) is 60.2 Å². The molecule has 0 fully saturated rings. The third-order valence-electron chi connectivity index (χ3n) is 2.50. The molecule has 0 aliphatic heterocycles. The summed E-state index contributed by atoms with van der Waals surface area (Å²) in [5, 5.41) is 0. The number of benzene rings is 2. The smallest absolute Gasteiger partial charge is 0.00963 e. The first kappa shape index (κ1) is 9.97. The lowest BCUT2D eigenvalue weighted by Gasteiger charge is -2.02. The highest BCUT2D eigenvalue weighted by molar-refractivity contribution is 5.62. The molecule has 0 saturated heterocycles. The van der Waals surface area contributed by atoms with Crippen LogP contribution in [0.1, 0.15) is 18.9 Å². The Morgan fingerprint density at radius 2 is 1.80 bits per heavy atom. The highest BCUT2D eigenvalue weighted by atomic mass is 14.0. The van der Waals surface area contributed by atoms with Gasteiger partial charge in [-0.1, -0.05) is 61.9 Å². The Labute approximate surface area is 91.6 Å². The monoisotopic (exact) mass is 195 g/mol. The molecule has 0 aliphatic rings. The van der Waals surface area contributed by atoms with Crippen molar-refractivity contribution in [2.75, 3.05) is 0 Å². The Morgan fingerprint density at radius 3 is 2.40 bits per heavy atom. The molecule has 1 radical (unpaired) electrons.